The van der Waals surface area contributed by atoms with Gasteiger partial charge in [-0.15, -0.1) is 0 Å². The molecule has 0 fully saturated rings. The van der Waals surface area contributed by atoms with Crippen molar-refractivity contribution in [2.75, 3.05) is 24.6 Å². The van der Waals surface area contributed by atoms with E-state index in [2.05, 4.69) is 31.7 Å². The maximum atomic E-state index is 12.0. The summed E-state index contributed by atoms with van der Waals surface area (Å²) < 4.78 is 0.477. The van der Waals surface area contributed by atoms with Crippen LogP contribution < -0.4 is 10.6 Å². The molecule has 27 heavy (non-hydrogen) atoms. The maximum absolute atomic E-state index is 12.0. The number of halogens is 1. The van der Waals surface area contributed by atoms with Crippen LogP contribution in [0.2, 0.25) is 0 Å². The van der Waals surface area contributed by atoms with Crippen molar-refractivity contribution in [2.24, 2.45) is 5.16 Å². The summed E-state index contributed by atoms with van der Waals surface area (Å²) in [5.41, 5.74) is 0.637. The van der Waals surface area contributed by atoms with E-state index in [4.69, 9.17) is 10.3 Å². The number of hydrogen-bond acceptors (Lipinski definition) is 8. The Kier molecular flexibility index (Phi) is 10.7. The second-order valence-corrected chi connectivity index (χ2v) is 8.53. The van der Waals surface area contributed by atoms with Gasteiger partial charge in [0.05, 0.1) is 4.47 Å². The van der Waals surface area contributed by atoms with Crippen LogP contribution >= 0.6 is 37.5 Å². The summed E-state index contributed by atoms with van der Waals surface area (Å²) in [7, 11) is 2.88. The van der Waals surface area contributed by atoms with Crippen LogP contribution in [0.1, 0.15) is 5.56 Å². The number of carboxylic acids is 1. The minimum Gasteiger partial charge on any atom is -0.507 e. The molecule has 0 saturated heterocycles. The fourth-order valence-corrected chi connectivity index (χ4v) is 3.96. The molecule has 0 radical (unpaired) electrons. The smallest absolute Gasteiger partial charge is 0.394 e. The number of aromatic hydroxyl groups is 1. The lowest BCUT2D eigenvalue weighted by Gasteiger charge is -2.08. The molecule has 1 rings (SSSR count). The molecule has 9 nitrogen and oxygen atoms in total. The Hall–Kier alpha value is -1.92. The summed E-state index contributed by atoms with van der Waals surface area (Å²) in [5.74, 6) is -1.88. The molecule has 0 spiro atoms. The molecule has 1 aromatic rings. The number of nitrogens with zero attached hydrogens (tertiary/aromatic N) is 1. The van der Waals surface area contributed by atoms with Gasteiger partial charge < -0.3 is 26.1 Å². The third kappa shape index (κ3) is 9.02. The van der Waals surface area contributed by atoms with Crippen LogP contribution in [0.25, 0.3) is 0 Å². The lowest BCUT2D eigenvalue weighted by atomic mass is 10.1. The van der Waals surface area contributed by atoms with E-state index >= 15 is 0 Å². The predicted octanol–water partition coefficient (Wildman–Crippen LogP) is 1.23. The Morgan fingerprint density at radius 2 is 1.67 bits per heavy atom. The number of phenolic OH excluding ortho intramolecular Hbond substituents is 1. The van der Waals surface area contributed by atoms with E-state index in [0.29, 0.717) is 28.1 Å². The topological polar surface area (TPSA) is 148 Å². The standard InChI is InChI=1S/C15H18BrN3O6S2/c16-10-7-9(1-2-12(10)20)8-11(19-25)13(21)17-3-5-26-27-6-4-18-14(22)15(23)24/h1-2,7,20,25H,3-6,8H2,(H,17,21)(H,18,22)(H,23,24)/b19-11+. The number of carbonyl (C=O) groups is 3. The molecule has 2 amide bonds. The molecule has 148 valence electrons. The minimum atomic E-state index is -1.52. The Balaban J connectivity index is 2.23. The third-order valence-electron chi connectivity index (χ3n) is 2.99. The first-order valence-electron chi connectivity index (χ1n) is 7.57. The summed E-state index contributed by atoms with van der Waals surface area (Å²) in [5, 5.41) is 34.8. The van der Waals surface area contributed by atoms with Crippen LogP contribution in [0.15, 0.2) is 27.8 Å². The fourth-order valence-electron chi connectivity index (χ4n) is 1.72. The highest BCUT2D eigenvalue weighted by Gasteiger charge is 2.13. The van der Waals surface area contributed by atoms with E-state index in [1.165, 1.54) is 27.7 Å². The van der Waals surface area contributed by atoms with Crippen LogP contribution in [-0.4, -0.2) is 63.5 Å². The van der Waals surface area contributed by atoms with Crippen LogP contribution in [0.4, 0.5) is 0 Å². The first kappa shape index (κ1) is 23.1. The number of carbonyl (C=O) groups excluding carboxylic acids is 2. The number of rotatable bonds is 10. The predicted molar refractivity (Wildman–Crippen MR) is 107 cm³/mol. The summed E-state index contributed by atoms with van der Waals surface area (Å²) in [4.78, 5) is 33.1. The van der Waals surface area contributed by atoms with Gasteiger partial charge in [0.1, 0.15) is 11.5 Å². The van der Waals surface area contributed by atoms with E-state index in [1.54, 1.807) is 12.1 Å². The maximum Gasteiger partial charge on any atom is 0.394 e. The van der Waals surface area contributed by atoms with E-state index in [0.717, 1.165) is 0 Å². The van der Waals surface area contributed by atoms with Gasteiger partial charge in [0.15, 0.2) is 0 Å². The molecule has 0 unspecified atom stereocenters. The lowest BCUT2D eigenvalue weighted by Crippen LogP contribution is -2.33. The van der Waals surface area contributed by atoms with Crippen LogP contribution in [-0.2, 0) is 20.8 Å². The summed E-state index contributed by atoms with van der Waals surface area (Å²) in [6, 6.07) is 4.72. The molecule has 0 heterocycles. The van der Waals surface area contributed by atoms with Gasteiger partial charge in [-0.05, 0) is 33.6 Å². The highest BCUT2D eigenvalue weighted by atomic mass is 79.9. The Morgan fingerprint density at radius 3 is 2.19 bits per heavy atom. The number of carboxylic acid groups (broad SMARTS) is 1. The Morgan fingerprint density at radius 1 is 1.07 bits per heavy atom. The zero-order valence-corrected chi connectivity index (χ0v) is 17.2. The van der Waals surface area contributed by atoms with Crippen LogP contribution in [0.3, 0.4) is 0 Å². The number of aliphatic carboxylic acids is 1. The molecule has 12 heteroatoms. The zero-order valence-electron chi connectivity index (χ0n) is 14.0. The molecule has 0 aliphatic carbocycles. The van der Waals surface area contributed by atoms with Gasteiger partial charge in [-0.25, -0.2) is 4.79 Å². The number of nitrogens with one attached hydrogen (secondary N) is 2. The molecular formula is C15H18BrN3O6S2. The SMILES string of the molecule is O=C(O)C(=O)NCCSSCCNC(=O)/C(Cc1ccc(O)c(Br)c1)=N/O. The molecule has 5 N–H and O–H groups in total. The summed E-state index contributed by atoms with van der Waals surface area (Å²) >= 11 is 3.18. The van der Waals surface area contributed by atoms with Gasteiger partial charge in [0, 0.05) is 31.0 Å². The average Bonchev–Trinajstić information content (AvgIpc) is 2.64. The first-order valence-corrected chi connectivity index (χ1v) is 10.8. The highest BCUT2D eigenvalue weighted by molar-refractivity contribution is 9.10. The molecule has 0 aromatic heterocycles. The molecule has 0 atom stereocenters. The second kappa shape index (κ2) is 12.5. The van der Waals surface area contributed by atoms with Crippen molar-refractivity contribution in [3.8, 4) is 5.75 Å². The fraction of sp³-hybridized carbons (Fsp3) is 0.333. The van der Waals surface area contributed by atoms with Gasteiger partial charge >= 0.3 is 11.9 Å². The number of amides is 2. The van der Waals surface area contributed by atoms with Gasteiger partial charge in [-0.3, -0.25) is 9.59 Å². The summed E-state index contributed by atoms with van der Waals surface area (Å²) in [6.45, 7) is 0.578. The normalized spacial score (nSPS) is 11.1. The van der Waals surface area contributed by atoms with Gasteiger partial charge in [-0.1, -0.05) is 32.8 Å². The third-order valence-corrected chi connectivity index (χ3v) is 6.03. The molecule has 0 saturated carbocycles. The largest absolute Gasteiger partial charge is 0.507 e. The van der Waals surface area contributed by atoms with Crippen molar-refractivity contribution in [1.82, 2.24) is 10.6 Å². The molecular weight excluding hydrogens is 462 g/mol. The van der Waals surface area contributed by atoms with Crippen molar-refractivity contribution in [3.63, 3.8) is 0 Å². The molecule has 0 aliphatic heterocycles. The molecule has 1 aromatic carbocycles. The van der Waals surface area contributed by atoms with Crippen molar-refractivity contribution in [1.29, 1.82) is 0 Å². The van der Waals surface area contributed by atoms with Gasteiger partial charge in [0.2, 0.25) is 0 Å². The molecule has 0 bridgehead atoms. The van der Waals surface area contributed by atoms with Gasteiger partial charge in [0.25, 0.3) is 5.91 Å². The van der Waals surface area contributed by atoms with E-state index in [-0.39, 0.29) is 24.4 Å². The van der Waals surface area contributed by atoms with Gasteiger partial charge in [-0.2, -0.15) is 0 Å². The number of benzene rings is 1. The van der Waals surface area contributed by atoms with Crippen molar-refractivity contribution in [3.05, 3.63) is 28.2 Å². The average molecular weight is 480 g/mol. The zero-order chi connectivity index (χ0) is 20.2. The van der Waals surface area contributed by atoms with E-state index in [9.17, 15) is 19.5 Å². The number of hydrogen-bond donors (Lipinski definition) is 5. The van der Waals surface area contributed by atoms with Crippen molar-refractivity contribution in [2.45, 2.75) is 6.42 Å². The second-order valence-electron chi connectivity index (χ2n) is 4.97. The van der Waals surface area contributed by atoms with Crippen molar-refractivity contribution < 1.29 is 29.8 Å². The Labute approximate surface area is 171 Å². The van der Waals surface area contributed by atoms with Crippen molar-refractivity contribution >= 4 is 61.0 Å². The minimum absolute atomic E-state index is 0.0541. The van der Waals surface area contributed by atoms with Crippen LogP contribution in [0, 0.1) is 0 Å². The quantitative estimate of drug-likeness (QED) is 0.0839. The number of phenols is 1. The molecule has 0 aliphatic rings. The first-order chi connectivity index (χ1) is 12.8. The van der Waals surface area contributed by atoms with Crippen LogP contribution in [0.5, 0.6) is 5.75 Å². The highest BCUT2D eigenvalue weighted by Crippen LogP contribution is 2.24. The monoisotopic (exact) mass is 479 g/mol. The Bertz CT molecular complexity index is 717. The van der Waals surface area contributed by atoms with E-state index in [1.807, 2.05) is 0 Å². The summed E-state index contributed by atoms with van der Waals surface area (Å²) in [6.07, 6.45) is 0.104. The number of oxime groups is 1. The lowest BCUT2D eigenvalue weighted by molar-refractivity contribution is -0.150. The van der Waals surface area contributed by atoms with E-state index < -0.39 is 17.8 Å².